The zero-order valence-electron chi connectivity index (χ0n) is 23.9. The fourth-order valence-corrected chi connectivity index (χ4v) is 7.50. The highest BCUT2D eigenvalue weighted by Gasteiger charge is 2.75. The van der Waals surface area contributed by atoms with E-state index in [1.54, 1.807) is 16.8 Å². The minimum Gasteiger partial charge on any atom is -0.394 e. The summed E-state index contributed by atoms with van der Waals surface area (Å²) in [7, 11) is 1.73. The van der Waals surface area contributed by atoms with E-state index in [4.69, 9.17) is 4.74 Å². The van der Waals surface area contributed by atoms with Gasteiger partial charge in [-0.3, -0.25) is 14.4 Å². The van der Waals surface area contributed by atoms with Gasteiger partial charge in [-0.05, 0) is 38.5 Å². The van der Waals surface area contributed by atoms with Gasteiger partial charge in [-0.25, -0.2) is 0 Å². The first-order valence-corrected chi connectivity index (χ1v) is 13.6. The molecule has 0 aromatic carbocycles. The van der Waals surface area contributed by atoms with Crippen LogP contribution in [0, 0.1) is 23.2 Å². The van der Waals surface area contributed by atoms with Gasteiger partial charge in [0.15, 0.2) is 0 Å². The van der Waals surface area contributed by atoms with Crippen LogP contribution in [0.1, 0.15) is 61.8 Å². The number of nitrogens with zero attached hydrogens (tertiary/aromatic N) is 3. The van der Waals surface area contributed by atoms with E-state index in [0.717, 1.165) is 6.42 Å². The van der Waals surface area contributed by atoms with Crippen molar-refractivity contribution in [1.82, 2.24) is 14.7 Å². The number of aliphatic hydroxyl groups is 1. The second-order valence-corrected chi connectivity index (χ2v) is 13.8. The predicted molar refractivity (Wildman–Crippen MR) is 141 cm³/mol. The quantitative estimate of drug-likeness (QED) is 0.569. The third kappa shape index (κ3) is 4.24. The average Bonchev–Trinajstić information content (AvgIpc) is 3.02. The number of fused-ring (bicyclic) bond motifs is 2. The van der Waals surface area contributed by atoms with Crippen molar-refractivity contribution >= 4 is 17.7 Å². The van der Waals surface area contributed by atoms with Crippen LogP contribution in [0.3, 0.4) is 0 Å². The summed E-state index contributed by atoms with van der Waals surface area (Å²) >= 11 is 0. The molecule has 1 N–H and O–H groups in total. The molecule has 0 aromatic rings. The van der Waals surface area contributed by atoms with Gasteiger partial charge in [0.2, 0.25) is 17.7 Å². The molecule has 8 heteroatoms. The molecular formula is C29H45N3O5. The Balaban J connectivity index is 1.91. The molecule has 0 bridgehead atoms. The van der Waals surface area contributed by atoms with Gasteiger partial charge in [0, 0.05) is 25.7 Å². The molecule has 4 aliphatic heterocycles. The van der Waals surface area contributed by atoms with Gasteiger partial charge in [-0.1, -0.05) is 58.9 Å². The molecule has 4 rings (SSSR count). The molecule has 0 aromatic heterocycles. The van der Waals surface area contributed by atoms with Crippen LogP contribution in [0.15, 0.2) is 24.3 Å². The van der Waals surface area contributed by atoms with Crippen molar-refractivity contribution in [2.75, 3.05) is 26.7 Å². The van der Waals surface area contributed by atoms with Crippen LogP contribution in [0.2, 0.25) is 0 Å². The Labute approximate surface area is 221 Å². The molecular weight excluding hydrogens is 470 g/mol. The number of ether oxygens (including phenoxy) is 1. The summed E-state index contributed by atoms with van der Waals surface area (Å²) in [6, 6.07) is -1.55. The molecule has 0 aliphatic carbocycles. The van der Waals surface area contributed by atoms with E-state index < -0.39 is 40.7 Å². The van der Waals surface area contributed by atoms with Crippen molar-refractivity contribution in [3.05, 3.63) is 24.3 Å². The number of aliphatic hydroxyl groups excluding tert-OH is 1. The monoisotopic (exact) mass is 515 g/mol. The van der Waals surface area contributed by atoms with Crippen molar-refractivity contribution in [2.45, 2.75) is 90.6 Å². The molecule has 6 atom stereocenters. The van der Waals surface area contributed by atoms with Gasteiger partial charge >= 0.3 is 0 Å². The molecule has 37 heavy (non-hydrogen) atoms. The minimum absolute atomic E-state index is 0.0247. The summed E-state index contributed by atoms with van der Waals surface area (Å²) < 4.78 is 6.84. The Hall–Kier alpha value is -2.19. The molecule has 206 valence electrons. The van der Waals surface area contributed by atoms with E-state index in [1.165, 1.54) is 0 Å². The van der Waals surface area contributed by atoms with Crippen LogP contribution in [-0.4, -0.2) is 93.1 Å². The van der Waals surface area contributed by atoms with Crippen molar-refractivity contribution < 1.29 is 24.2 Å². The van der Waals surface area contributed by atoms with Crippen molar-refractivity contribution in [1.29, 1.82) is 0 Å². The maximum Gasteiger partial charge on any atom is 0.249 e. The summed E-state index contributed by atoms with van der Waals surface area (Å²) in [6.45, 7) is 16.8. The lowest BCUT2D eigenvalue weighted by Crippen LogP contribution is -2.62. The third-order valence-corrected chi connectivity index (χ3v) is 8.70. The Morgan fingerprint density at radius 2 is 1.62 bits per heavy atom. The first-order valence-electron chi connectivity index (χ1n) is 13.6. The molecule has 1 unspecified atom stereocenters. The van der Waals surface area contributed by atoms with E-state index in [9.17, 15) is 19.5 Å². The molecule has 4 heterocycles. The highest BCUT2D eigenvalue weighted by atomic mass is 16.5. The van der Waals surface area contributed by atoms with E-state index in [2.05, 4.69) is 34.6 Å². The average molecular weight is 516 g/mol. The molecule has 0 radical (unpaired) electrons. The summed E-state index contributed by atoms with van der Waals surface area (Å²) in [6.07, 6.45) is 8.36. The van der Waals surface area contributed by atoms with Crippen LogP contribution in [0.25, 0.3) is 0 Å². The number of likely N-dealkylation sites (N-methyl/N-ethyl adjacent to an activating group) is 1. The predicted octanol–water partition coefficient (Wildman–Crippen LogP) is 2.62. The highest BCUT2D eigenvalue weighted by Crippen LogP contribution is 2.58. The zero-order valence-corrected chi connectivity index (χ0v) is 23.9. The zero-order chi connectivity index (χ0) is 27.7. The lowest BCUT2D eigenvalue weighted by molar-refractivity contribution is -0.160. The van der Waals surface area contributed by atoms with Gasteiger partial charge in [0.05, 0.1) is 30.1 Å². The van der Waals surface area contributed by atoms with E-state index in [1.807, 2.05) is 50.0 Å². The Morgan fingerprint density at radius 3 is 2.19 bits per heavy atom. The topological polar surface area (TPSA) is 90.4 Å². The Morgan fingerprint density at radius 1 is 1.00 bits per heavy atom. The van der Waals surface area contributed by atoms with Gasteiger partial charge < -0.3 is 24.5 Å². The van der Waals surface area contributed by atoms with Crippen molar-refractivity contribution in [2.24, 2.45) is 23.2 Å². The lowest BCUT2D eigenvalue weighted by Gasteiger charge is -2.46. The Kier molecular flexibility index (Phi) is 6.72. The van der Waals surface area contributed by atoms with E-state index in [0.29, 0.717) is 13.1 Å². The van der Waals surface area contributed by atoms with Crippen LogP contribution in [-0.2, 0) is 19.1 Å². The fraction of sp³-hybridized carbons (Fsp3) is 0.759. The Bertz CT molecular complexity index is 1030. The van der Waals surface area contributed by atoms with Crippen molar-refractivity contribution in [3.63, 3.8) is 0 Å². The number of amides is 3. The van der Waals surface area contributed by atoms with Crippen LogP contribution in [0.4, 0.5) is 0 Å². The molecule has 1 spiro atoms. The first-order chi connectivity index (χ1) is 17.0. The molecule has 3 amide bonds. The maximum absolute atomic E-state index is 14.6. The largest absolute Gasteiger partial charge is 0.394 e. The number of hydrogen-bond acceptors (Lipinski definition) is 5. The second kappa shape index (κ2) is 8.94. The normalized spacial score (nSPS) is 35.1. The standard InChI is InChI=1S/C29H45N3O5/c1-18(2)19(16-33)32-22-25(36)31(27(6,7)17-26(3,4)5)15-11-13-29(22)21(24(32)35)20-23(34)30(9)14-10-12-28(20,8)37-29/h10-13,18-22,33H,14-17H2,1-9H3/t19-,20+,21-,22?,28-,29-/m0/s1. The number of carbonyl (C=O) groups is 3. The molecule has 4 aliphatic rings. The van der Waals surface area contributed by atoms with Gasteiger partial charge in [-0.2, -0.15) is 0 Å². The van der Waals surface area contributed by atoms with Gasteiger partial charge in [-0.15, -0.1) is 0 Å². The summed E-state index contributed by atoms with van der Waals surface area (Å²) in [5.41, 5.74) is -2.85. The van der Waals surface area contributed by atoms with Crippen molar-refractivity contribution in [3.8, 4) is 0 Å². The smallest absolute Gasteiger partial charge is 0.249 e. The molecule has 8 nitrogen and oxygen atoms in total. The molecule has 2 fully saturated rings. The lowest BCUT2D eigenvalue weighted by atomic mass is 9.74. The van der Waals surface area contributed by atoms with Crippen LogP contribution in [0.5, 0.6) is 0 Å². The maximum atomic E-state index is 14.6. The van der Waals surface area contributed by atoms with Gasteiger partial charge in [0.1, 0.15) is 11.6 Å². The number of rotatable bonds is 5. The highest BCUT2D eigenvalue weighted by molar-refractivity contribution is 6.00. The van der Waals surface area contributed by atoms with Gasteiger partial charge in [0.25, 0.3) is 0 Å². The molecule has 2 saturated heterocycles. The van der Waals surface area contributed by atoms with Crippen LogP contribution >= 0.6 is 0 Å². The molecule has 0 saturated carbocycles. The summed E-state index contributed by atoms with van der Waals surface area (Å²) in [5, 5.41) is 10.4. The van der Waals surface area contributed by atoms with E-state index in [-0.39, 0.29) is 35.7 Å². The van der Waals surface area contributed by atoms with Crippen LogP contribution < -0.4 is 0 Å². The third-order valence-electron chi connectivity index (χ3n) is 8.70. The van der Waals surface area contributed by atoms with E-state index >= 15 is 0 Å². The number of carbonyl (C=O) groups excluding carboxylic acids is 3. The summed E-state index contributed by atoms with van der Waals surface area (Å²) in [5.74, 6) is -2.38. The second-order valence-electron chi connectivity index (χ2n) is 13.8. The number of hydrogen-bond donors (Lipinski definition) is 1. The summed E-state index contributed by atoms with van der Waals surface area (Å²) in [4.78, 5) is 47.8. The fourth-order valence-electron chi connectivity index (χ4n) is 7.50. The number of likely N-dealkylation sites (tertiary alicyclic amines) is 1. The SMILES string of the molecule is CC(C)[C@H](CO)N1C(=O)[C@@H]2[C@@H]3C(=O)N(C)CC=C[C@]3(C)O[C@@]23C=CCN(C(C)(C)CC(C)(C)C)C(=O)C13. The first kappa shape index (κ1) is 27.8. The minimum atomic E-state index is -1.30.